The van der Waals surface area contributed by atoms with Gasteiger partial charge in [-0.1, -0.05) is 11.8 Å². The van der Waals surface area contributed by atoms with Crippen molar-refractivity contribution in [3.63, 3.8) is 0 Å². The monoisotopic (exact) mass is 291 g/mol. The average molecular weight is 291 g/mol. The van der Waals surface area contributed by atoms with Gasteiger partial charge in [-0.15, -0.1) is 0 Å². The standard InChI is InChI=1S/C13H17N5OS/c1-7-6-10(15-13(14-7)20-5)12(19)16-11-8(2)17-18(4)9(11)3/h6H,1-5H3,(H,16,19). The number of aryl methyl sites for hydroxylation is 3. The maximum Gasteiger partial charge on any atom is 0.274 e. The first kappa shape index (κ1) is 14.5. The Kier molecular flexibility index (Phi) is 4.08. The first-order valence-corrected chi connectivity index (χ1v) is 7.36. The fourth-order valence-corrected chi connectivity index (χ4v) is 2.31. The van der Waals surface area contributed by atoms with E-state index in [1.54, 1.807) is 10.7 Å². The number of hydrogen-bond donors (Lipinski definition) is 1. The van der Waals surface area contributed by atoms with Crippen molar-refractivity contribution in [2.45, 2.75) is 25.9 Å². The van der Waals surface area contributed by atoms with E-state index < -0.39 is 0 Å². The Balaban J connectivity index is 2.30. The van der Waals surface area contributed by atoms with Crippen LogP contribution in [0.25, 0.3) is 0 Å². The van der Waals surface area contributed by atoms with E-state index in [1.807, 2.05) is 34.1 Å². The van der Waals surface area contributed by atoms with Gasteiger partial charge in [-0.3, -0.25) is 9.48 Å². The second-order valence-electron chi connectivity index (χ2n) is 4.50. The van der Waals surface area contributed by atoms with Crippen molar-refractivity contribution in [1.82, 2.24) is 19.7 Å². The lowest BCUT2D eigenvalue weighted by Gasteiger charge is -2.06. The van der Waals surface area contributed by atoms with E-state index in [2.05, 4.69) is 20.4 Å². The van der Waals surface area contributed by atoms with Crippen molar-refractivity contribution in [3.8, 4) is 0 Å². The molecule has 0 saturated carbocycles. The molecule has 0 aromatic carbocycles. The SMILES string of the molecule is CSc1nc(C)cc(C(=O)Nc2c(C)nn(C)c2C)n1. The maximum absolute atomic E-state index is 12.3. The third-order valence-electron chi connectivity index (χ3n) is 3.00. The number of nitrogens with one attached hydrogen (secondary N) is 1. The number of amides is 1. The van der Waals surface area contributed by atoms with Crippen LogP contribution in [0.3, 0.4) is 0 Å². The van der Waals surface area contributed by atoms with Gasteiger partial charge in [0.05, 0.1) is 17.1 Å². The van der Waals surface area contributed by atoms with Crippen LogP contribution in [0.5, 0.6) is 0 Å². The number of carbonyl (C=O) groups excluding carboxylic acids is 1. The molecule has 0 fully saturated rings. The summed E-state index contributed by atoms with van der Waals surface area (Å²) >= 11 is 1.41. The summed E-state index contributed by atoms with van der Waals surface area (Å²) in [5.74, 6) is -0.245. The van der Waals surface area contributed by atoms with E-state index >= 15 is 0 Å². The highest BCUT2D eigenvalue weighted by atomic mass is 32.2. The fourth-order valence-electron chi connectivity index (χ4n) is 1.88. The summed E-state index contributed by atoms with van der Waals surface area (Å²) < 4.78 is 1.74. The lowest BCUT2D eigenvalue weighted by molar-refractivity contribution is 0.102. The lowest BCUT2D eigenvalue weighted by Crippen LogP contribution is -2.16. The molecule has 106 valence electrons. The third kappa shape index (κ3) is 2.82. The molecular weight excluding hydrogens is 274 g/mol. The van der Waals surface area contributed by atoms with Crippen molar-refractivity contribution in [3.05, 3.63) is 28.8 Å². The van der Waals surface area contributed by atoms with Crippen LogP contribution in [0.15, 0.2) is 11.2 Å². The summed E-state index contributed by atoms with van der Waals surface area (Å²) in [7, 11) is 1.85. The number of anilines is 1. The molecule has 2 heterocycles. The van der Waals surface area contributed by atoms with Crippen molar-refractivity contribution < 1.29 is 4.79 Å². The van der Waals surface area contributed by atoms with Gasteiger partial charge in [-0.05, 0) is 33.1 Å². The minimum absolute atomic E-state index is 0.245. The number of carbonyl (C=O) groups is 1. The first-order chi connectivity index (χ1) is 9.42. The second-order valence-corrected chi connectivity index (χ2v) is 5.28. The van der Waals surface area contributed by atoms with Gasteiger partial charge in [0.1, 0.15) is 5.69 Å². The minimum Gasteiger partial charge on any atom is -0.317 e. The van der Waals surface area contributed by atoms with Crippen LogP contribution in [0.4, 0.5) is 5.69 Å². The molecule has 0 atom stereocenters. The molecule has 2 aromatic heterocycles. The molecule has 1 amide bonds. The van der Waals surface area contributed by atoms with Crippen LogP contribution in [0.1, 0.15) is 27.6 Å². The molecule has 0 aliphatic carbocycles. The van der Waals surface area contributed by atoms with Gasteiger partial charge in [0, 0.05) is 12.7 Å². The second kappa shape index (κ2) is 5.62. The summed E-state index contributed by atoms with van der Waals surface area (Å²) in [5.41, 5.74) is 3.57. The molecule has 1 N–H and O–H groups in total. The predicted molar refractivity (Wildman–Crippen MR) is 79.2 cm³/mol. The summed E-state index contributed by atoms with van der Waals surface area (Å²) in [6.07, 6.45) is 1.88. The van der Waals surface area contributed by atoms with Crippen LogP contribution in [-0.2, 0) is 7.05 Å². The van der Waals surface area contributed by atoms with Crippen LogP contribution < -0.4 is 5.32 Å². The minimum atomic E-state index is -0.245. The van der Waals surface area contributed by atoms with Gasteiger partial charge in [0.25, 0.3) is 5.91 Å². The largest absolute Gasteiger partial charge is 0.317 e. The molecule has 0 aliphatic rings. The van der Waals surface area contributed by atoms with Crippen molar-refractivity contribution in [2.75, 3.05) is 11.6 Å². The van der Waals surface area contributed by atoms with Crippen LogP contribution in [0.2, 0.25) is 0 Å². The molecule has 0 saturated heterocycles. The van der Waals surface area contributed by atoms with Gasteiger partial charge in [-0.2, -0.15) is 5.10 Å². The van der Waals surface area contributed by atoms with Crippen molar-refractivity contribution in [2.24, 2.45) is 7.05 Å². The zero-order chi connectivity index (χ0) is 14.9. The summed E-state index contributed by atoms with van der Waals surface area (Å²) in [6, 6.07) is 1.68. The first-order valence-electron chi connectivity index (χ1n) is 6.13. The Morgan fingerprint density at radius 3 is 2.55 bits per heavy atom. The van der Waals surface area contributed by atoms with Gasteiger partial charge in [-0.25, -0.2) is 9.97 Å². The van der Waals surface area contributed by atoms with Crippen LogP contribution >= 0.6 is 11.8 Å². The Morgan fingerprint density at radius 1 is 1.30 bits per heavy atom. The molecule has 2 rings (SSSR count). The topological polar surface area (TPSA) is 72.7 Å². The van der Waals surface area contributed by atoms with Crippen LogP contribution in [0, 0.1) is 20.8 Å². The number of aromatic nitrogens is 4. The zero-order valence-corrected chi connectivity index (χ0v) is 13.0. The van der Waals surface area contributed by atoms with E-state index in [4.69, 9.17) is 0 Å². The molecule has 0 unspecified atom stereocenters. The van der Waals surface area contributed by atoms with Crippen LogP contribution in [-0.4, -0.2) is 31.9 Å². The molecule has 7 heteroatoms. The number of hydrogen-bond acceptors (Lipinski definition) is 5. The number of nitrogens with zero attached hydrogens (tertiary/aromatic N) is 4. The molecule has 20 heavy (non-hydrogen) atoms. The molecule has 0 aliphatic heterocycles. The quantitative estimate of drug-likeness (QED) is 0.692. The van der Waals surface area contributed by atoms with Crippen molar-refractivity contribution in [1.29, 1.82) is 0 Å². The molecule has 2 aromatic rings. The zero-order valence-electron chi connectivity index (χ0n) is 12.2. The van der Waals surface area contributed by atoms with E-state index in [9.17, 15) is 4.79 Å². The van der Waals surface area contributed by atoms with Crippen molar-refractivity contribution >= 4 is 23.4 Å². The van der Waals surface area contributed by atoms with E-state index in [0.717, 1.165) is 22.8 Å². The lowest BCUT2D eigenvalue weighted by atomic mass is 10.2. The molecule has 0 spiro atoms. The summed E-state index contributed by atoms with van der Waals surface area (Å²) in [6.45, 7) is 5.62. The summed E-state index contributed by atoms with van der Waals surface area (Å²) in [5, 5.41) is 7.74. The van der Waals surface area contributed by atoms with Gasteiger partial charge >= 0.3 is 0 Å². The van der Waals surface area contributed by atoms with E-state index in [-0.39, 0.29) is 5.91 Å². The normalized spacial score (nSPS) is 10.7. The number of thioether (sulfide) groups is 1. The number of rotatable bonds is 3. The Morgan fingerprint density at radius 2 is 2.00 bits per heavy atom. The van der Waals surface area contributed by atoms with Gasteiger partial charge < -0.3 is 5.32 Å². The van der Waals surface area contributed by atoms with E-state index in [0.29, 0.717) is 10.9 Å². The Labute approximate surface area is 122 Å². The Bertz CT molecular complexity index is 665. The highest BCUT2D eigenvalue weighted by molar-refractivity contribution is 7.98. The highest BCUT2D eigenvalue weighted by Gasteiger charge is 2.15. The van der Waals surface area contributed by atoms with Gasteiger partial charge in [0.2, 0.25) is 0 Å². The highest BCUT2D eigenvalue weighted by Crippen LogP contribution is 2.19. The molecule has 0 radical (unpaired) electrons. The van der Waals surface area contributed by atoms with Gasteiger partial charge in [0.15, 0.2) is 5.16 Å². The summed E-state index contributed by atoms with van der Waals surface area (Å²) in [4.78, 5) is 20.8. The predicted octanol–water partition coefficient (Wildman–Crippen LogP) is 2.11. The van der Waals surface area contributed by atoms with E-state index in [1.165, 1.54) is 11.8 Å². The fraction of sp³-hybridized carbons (Fsp3) is 0.385. The third-order valence-corrected chi connectivity index (χ3v) is 3.54. The molecule has 0 bridgehead atoms. The molecule has 6 nitrogen and oxygen atoms in total. The smallest absolute Gasteiger partial charge is 0.274 e. The average Bonchev–Trinajstić information content (AvgIpc) is 2.64. The Hall–Kier alpha value is -1.89. The molecular formula is C13H17N5OS. The maximum atomic E-state index is 12.3.